The van der Waals surface area contributed by atoms with Crippen LogP contribution in [0.3, 0.4) is 0 Å². The molecule has 0 saturated heterocycles. The first kappa shape index (κ1) is 21.8. The molecule has 0 aliphatic carbocycles. The molecule has 0 unspecified atom stereocenters. The van der Waals surface area contributed by atoms with Gasteiger partial charge in [-0.05, 0) is 51.1 Å². The van der Waals surface area contributed by atoms with E-state index in [4.69, 9.17) is 4.74 Å². The number of benzene rings is 2. The highest BCUT2D eigenvalue weighted by Crippen LogP contribution is 2.31. The zero-order chi connectivity index (χ0) is 22.3. The molecule has 2 aromatic carbocycles. The van der Waals surface area contributed by atoms with Gasteiger partial charge in [0.25, 0.3) is 6.01 Å². The molecular weight excluding hydrogens is 423 g/mol. The molecule has 0 spiro atoms. The first-order chi connectivity index (χ1) is 13.8. The highest BCUT2D eigenvalue weighted by atomic mass is 32.2. The number of hydrogen-bond acceptors (Lipinski definition) is 5. The summed E-state index contributed by atoms with van der Waals surface area (Å²) in [5.74, 6) is -0.337. The van der Waals surface area contributed by atoms with E-state index in [1.165, 1.54) is 23.5 Å². The van der Waals surface area contributed by atoms with Gasteiger partial charge in [-0.3, -0.25) is 4.31 Å². The largest absolute Gasteiger partial charge is 0.573 e. The Bertz CT molecular complexity index is 1170. The van der Waals surface area contributed by atoms with E-state index in [0.717, 1.165) is 12.1 Å². The van der Waals surface area contributed by atoms with Gasteiger partial charge in [0.15, 0.2) is 0 Å². The van der Waals surface area contributed by atoms with Crippen molar-refractivity contribution in [2.45, 2.75) is 31.9 Å². The zero-order valence-corrected chi connectivity index (χ0v) is 17.4. The quantitative estimate of drug-likeness (QED) is 0.611. The zero-order valence-electron chi connectivity index (χ0n) is 16.6. The van der Waals surface area contributed by atoms with Crippen LogP contribution in [0.4, 0.5) is 18.9 Å². The number of rotatable bonds is 5. The number of sulfonamides is 1. The van der Waals surface area contributed by atoms with Crippen molar-refractivity contribution in [3.8, 4) is 17.5 Å². The minimum atomic E-state index is -4.81. The van der Waals surface area contributed by atoms with Gasteiger partial charge in [-0.15, -0.1) is 13.2 Å². The Morgan fingerprint density at radius 2 is 1.70 bits per heavy atom. The van der Waals surface area contributed by atoms with Crippen molar-refractivity contribution in [1.82, 2.24) is 9.97 Å². The number of imidazole rings is 1. The highest BCUT2D eigenvalue weighted by Gasteiger charge is 2.33. The summed E-state index contributed by atoms with van der Waals surface area (Å²) in [5.41, 5.74) is 1.42. The number of ether oxygens (including phenoxy) is 2. The molecule has 0 aliphatic rings. The number of fused-ring (bicyclic) bond motifs is 1. The molecule has 3 rings (SSSR count). The van der Waals surface area contributed by atoms with Crippen LogP contribution in [-0.4, -0.2) is 36.5 Å². The average Bonchev–Trinajstić information content (AvgIpc) is 3.00. The molecule has 30 heavy (non-hydrogen) atoms. The summed E-state index contributed by atoms with van der Waals surface area (Å²) in [6.45, 7) is 4.82. The SMILES string of the molecule is CN(c1ccc2nc(Oc3cccc(OC(F)(F)F)c3)[nH]c2c1)S(=O)(=O)C(C)(C)C. The molecule has 3 aromatic rings. The number of aromatic nitrogens is 2. The van der Waals surface area contributed by atoms with Crippen molar-refractivity contribution in [3.63, 3.8) is 0 Å². The molecular formula is C19H20F3N3O4S. The van der Waals surface area contributed by atoms with E-state index in [0.29, 0.717) is 16.7 Å². The number of anilines is 1. The van der Waals surface area contributed by atoms with Crippen molar-refractivity contribution in [2.24, 2.45) is 0 Å². The maximum absolute atomic E-state index is 12.6. The standard InChI is InChI=1S/C19H20F3N3O4S/c1-18(2,3)30(26,27)25(4)12-8-9-15-16(10-12)24-17(23-15)28-13-6-5-7-14(11-13)29-19(20,21)22/h5-11H,1-4H3,(H,23,24). The van der Waals surface area contributed by atoms with Gasteiger partial charge < -0.3 is 14.5 Å². The van der Waals surface area contributed by atoms with Crippen LogP contribution in [-0.2, 0) is 10.0 Å². The van der Waals surface area contributed by atoms with Crippen LogP contribution in [0.25, 0.3) is 11.0 Å². The van der Waals surface area contributed by atoms with Crippen molar-refractivity contribution in [1.29, 1.82) is 0 Å². The van der Waals surface area contributed by atoms with Gasteiger partial charge in [-0.25, -0.2) is 8.42 Å². The fourth-order valence-electron chi connectivity index (χ4n) is 2.61. The van der Waals surface area contributed by atoms with E-state index in [1.54, 1.807) is 39.0 Å². The molecule has 162 valence electrons. The normalized spacial score (nSPS) is 12.8. The fraction of sp³-hybridized carbons (Fsp3) is 0.316. The first-order valence-electron chi connectivity index (χ1n) is 8.78. The average molecular weight is 443 g/mol. The highest BCUT2D eigenvalue weighted by molar-refractivity contribution is 7.94. The summed E-state index contributed by atoms with van der Waals surface area (Å²) in [6.07, 6.45) is -4.81. The van der Waals surface area contributed by atoms with Crippen LogP contribution >= 0.6 is 0 Å². The summed E-state index contributed by atoms with van der Waals surface area (Å²) in [7, 11) is -2.14. The molecule has 11 heteroatoms. The molecule has 0 saturated carbocycles. The fourth-order valence-corrected chi connectivity index (χ4v) is 3.83. The van der Waals surface area contributed by atoms with Crippen LogP contribution in [0.15, 0.2) is 42.5 Å². The second-order valence-corrected chi connectivity index (χ2v) is 10.2. The first-order valence-corrected chi connectivity index (χ1v) is 10.2. The van der Waals surface area contributed by atoms with Crippen LogP contribution in [0.5, 0.6) is 17.5 Å². The molecule has 0 bridgehead atoms. The van der Waals surface area contributed by atoms with Crippen molar-refractivity contribution in [2.75, 3.05) is 11.4 Å². The third-order valence-corrected chi connectivity index (χ3v) is 6.67. The van der Waals surface area contributed by atoms with Gasteiger partial charge in [0.1, 0.15) is 11.5 Å². The number of hydrogen-bond donors (Lipinski definition) is 1. The molecule has 1 N–H and O–H groups in total. The monoisotopic (exact) mass is 443 g/mol. The Balaban J connectivity index is 1.86. The van der Waals surface area contributed by atoms with Crippen LogP contribution in [0.1, 0.15) is 20.8 Å². The van der Waals surface area contributed by atoms with Gasteiger partial charge >= 0.3 is 6.36 Å². The molecule has 0 amide bonds. The van der Waals surface area contributed by atoms with E-state index in [-0.39, 0.29) is 11.8 Å². The summed E-state index contributed by atoms with van der Waals surface area (Å²) >= 11 is 0. The van der Waals surface area contributed by atoms with E-state index >= 15 is 0 Å². The lowest BCUT2D eigenvalue weighted by molar-refractivity contribution is -0.274. The molecule has 1 heterocycles. The molecule has 0 fully saturated rings. The van der Waals surface area contributed by atoms with Gasteiger partial charge in [0, 0.05) is 13.1 Å². The van der Waals surface area contributed by atoms with E-state index in [1.807, 2.05) is 0 Å². The van der Waals surface area contributed by atoms with Crippen molar-refractivity contribution in [3.05, 3.63) is 42.5 Å². The number of nitrogens with one attached hydrogen (secondary N) is 1. The van der Waals surface area contributed by atoms with Gasteiger partial charge in [0.05, 0.1) is 21.5 Å². The lowest BCUT2D eigenvalue weighted by atomic mass is 10.3. The minimum absolute atomic E-state index is 0.0349. The van der Waals surface area contributed by atoms with E-state index in [2.05, 4.69) is 14.7 Å². The lowest BCUT2D eigenvalue weighted by Gasteiger charge is -2.28. The summed E-state index contributed by atoms with van der Waals surface area (Å²) in [5, 5.41) is 0. The Kier molecular flexibility index (Phi) is 5.35. The molecule has 7 nitrogen and oxygen atoms in total. The number of aromatic amines is 1. The Hall–Kier alpha value is -2.95. The molecule has 0 radical (unpaired) electrons. The Morgan fingerprint density at radius 1 is 1.03 bits per heavy atom. The third kappa shape index (κ3) is 4.61. The number of alkyl halides is 3. The van der Waals surface area contributed by atoms with E-state index in [9.17, 15) is 21.6 Å². The summed E-state index contributed by atoms with van der Waals surface area (Å²) in [6, 6.07) is 9.89. The predicted octanol–water partition coefficient (Wildman–Crippen LogP) is 4.82. The smallest absolute Gasteiger partial charge is 0.425 e. The molecule has 0 aliphatic heterocycles. The second kappa shape index (κ2) is 7.38. The van der Waals surface area contributed by atoms with Crippen molar-refractivity contribution >= 4 is 26.7 Å². The topological polar surface area (TPSA) is 84.5 Å². The van der Waals surface area contributed by atoms with Crippen LogP contribution in [0, 0.1) is 0 Å². The minimum Gasteiger partial charge on any atom is -0.425 e. The van der Waals surface area contributed by atoms with Gasteiger partial charge in [-0.2, -0.15) is 4.98 Å². The lowest BCUT2D eigenvalue weighted by Crippen LogP contribution is -2.40. The van der Waals surface area contributed by atoms with Crippen LogP contribution in [0.2, 0.25) is 0 Å². The maximum atomic E-state index is 12.6. The number of halogens is 3. The van der Waals surface area contributed by atoms with Crippen LogP contribution < -0.4 is 13.8 Å². The summed E-state index contributed by atoms with van der Waals surface area (Å²) in [4.78, 5) is 7.09. The third-order valence-electron chi connectivity index (χ3n) is 4.20. The van der Waals surface area contributed by atoms with Crippen molar-refractivity contribution < 1.29 is 31.1 Å². The maximum Gasteiger partial charge on any atom is 0.573 e. The summed E-state index contributed by atoms with van der Waals surface area (Å²) < 4.78 is 72.0. The molecule has 1 aromatic heterocycles. The van der Waals surface area contributed by atoms with Gasteiger partial charge in [0.2, 0.25) is 10.0 Å². The second-order valence-electron chi connectivity index (χ2n) is 7.45. The molecule has 0 atom stereocenters. The Labute approximate surface area is 171 Å². The Morgan fingerprint density at radius 3 is 2.33 bits per heavy atom. The number of H-pyrrole nitrogens is 1. The van der Waals surface area contributed by atoms with Gasteiger partial charge in [-0.1, -0.05) is 6.07 Å². The predicted molar refractivity (Wildman–Crippen MR) is 106 cm³/mol. The van der Waals surface area contributed by atoms with E-state index < -0.39 is 26.9 Å². The number of nitrogens with zero attached hydrogens (tertiary/aromatic N) is 2.